The van der Waals surface area contributed by atoms with Crippen LogP contribution in [0.15, 0.2) is 39.8 Å². The number of fused-ring (bicyclic) bond motifs is 1. The third-order valence-electron chi connectivity index (χ3n) is 5.13. The van der Waals surface area contributed by atoms with Crippen LogP contribution >= 0.6 is 11.6 Å². The Labute approximate surface area is 168 Å². The summed E-state index contributed by atoms with van der Waals surface area (Å²) in [5, 5.41) is 11.7. The van der Waals surface area contributed by atoms with Crippen LogP contribution < -0.4 is 10.9 Å². The fourth-order valence-electron chi connectivity index (χ4n) is 3.66. The summed E-state index contributed by atoms with van der Waals surface area (Å²) in [6, 6.07) is 5.78. The molecule has 29 heavy (non-hydrogen) atoms. The quantitative estimate of drug-likeness (QED) is 0.534. The van der Waals surface area contributed by atoms with Gasteiger partial charge >= 0.3 is 0 Å². The van der Waals surface area contributed by atoms with Gasteiger partial charge < -0.3 is 14.8 Å². The zero-order chi connectivity index (χ0) is 20.0. The molecule has 1 fully saturated rings. The molecule has 0 bridgehead atoms. The standard InChI is InChI=1S/C19H16ClFN6O2/c20-13-7-11(1-2-14(13)21)17-25-19(29-26-17)12-9-23-27-15(8-16(28)24-18(12)27)10-3-5-22-6-4-10/h1-2,7-10,22H,3-6H2,(H,24,28). The molecule has 1 saturated heterocycles. The third kappa shape index (κ3) is 3.22. The van der Waals surface area contributed by atoms with Crippen LogP contribution in [0.5, 0.6) is 0 Å². The molecule has 148 valence electrons. The Hall–Kier alpha value is -3.04. The summed E-state index contributed by atoms with van der Waals surface area (Å²) in [5.41, 5.74) is 2.19. The van der Waals surface area contributed by atoms with E-state index in [0.717, 1.165) is 31.6 Å². The highest BCUT2D eigenvalue weighted by atomic mass is 35.5. The molecule has 0 atom stereocenters. The molecule has 0 unspecified atom stereocenters. The van der Waals surface area contributed by atoms with E-state index in [9.17, 15) is 9.18 Å². The largest absolute Gasteiger partial charge is 0.333 e. The molecule has 3 aromatic heterocycles. The fourth-order valence-corrected chi connectivity index (χ4v) is 3.84. The lowest BCUT2D eigenvalue weighted by Crippen LogP contribution is -2.28. The second-order valence-electron chi connectivity index (χ2n) is 6.95. The SMILES string of the molecule is O=c1cc(C2CCNCC2)n2ncc(-c3nc(-c4ccc(F)c(Cl)c4)no3)c2[nH]1. The number of H-pyrrole nitrogens is 1. The molecule has 2 N–H and O–H groups in total. The van der Waals surface area contributed by atoms with Crippen molar-refractivity contribution in [3.63, 3.8) is 0 Å². The van der Waals surface area contributed by atoms with Crippen molar-refractivity contribution in [2.45, 2.75) is 18.8 Å². The van der Waals surface area contributed by atoms with Gasteiger partial charge in [0.05, 0.1) is 16.9 Å². The first-order valence-electron chi connectivity index (χ1n) is 9.21. The number of benzene rings is 1. The second kappa shape index (κ2) is 7.09. The molecule has 1 aliphatic heterocycles. The van der Waals surface area contributed by atoms with E-state index in [-0.39, 0.29) is 28.2 Å². The number of aromatic amines is 1. The zero-order valence-corrected chi connectivity index (χ0v) is 15.9. The van der Waals surface area contributed by atoms with Crippen molar-refractivity contribution in [2.75, 3.05) is 13.1 Å². The van der Waals surface area contributed by atoms with Gasteiger partial charge in [0.25, 0.3) is 11.4 Å². The number of aromatic nitrogens is 5. The molecule has 0 aliphatic carbocycles. The Kier molecular flexibility index (Phi) is 4.40. The summed E-state index contributed by atoms with van der Waals surface area (Å²) in [6.07, 6.45) is 3.46. The maximum absolute atomic E-state index is 13.4. The van der Waals surface area contributed by atoms with Crippen LogP contribution in [0, 0.1) is 5.82 Å². The minimum Gasteiger partial charge on any atom is -0.333 e. The molecule has 5 rings (SSSR count). The summed E-state index contributed by atoms with van der Waals surface area (Å²) in [5.74, 6) is 0.185. The number of piperidine rings is 1. The normalized spacial score (nSPS) is 15.2. The molecule has 4 heterocycles. The number of hydrogen-bond acceptors (Lipinski definition) is 6. The average Bonchev–Trinajstić information content (AvgIpc) is 3.37. The van der Waals surface area contributed by atoms with Crippen LogP contribution in [0.25, 0.3) is 28.5 Å². The number of nitrogens with zero attached hydrogens (tertiary/aromatic N) is 4. The summed E-state index contributed by atoms with van der Waals surface area (Å²) in [4.78, 5) is 19.5. The lowest BCUT2D eigenvalue weighted by atomic mass is 9.94. The van der Waals surface area contributed by atoms with E-state index >= 15 is 0 Å². The van der Waals surface area contributed by atoms with Gasteiger partial charge in [-0.2, -0.15) is 10.1 Å². The Morgan fingerprint density at radius 1 is 1.24 bits per heavy atom. The highest BCUT2D eigenvalue weighted by Crippen LogP contribution is 2.29. The van der Waals surface area contributed by atoms with E-state index in [1.54, 1.807) is 16.8 Å². The first-order valence-corrected chi connectivity index (χ1v) is 9.59. The van der Waals surface area contributed by atoms with Crippen molar-refractivity contribution in [3.8, 4) is 22.8 Å². The van der Waals surface area contributed by atoms with Gasteiger partial charge in [0.15, 0.2) is 0 Å². The maximum atomic E-state index is 13.4. The minimum atomic E-state index is -0.523. The number of nitrogens with one attached hydrogen (secondary N) is 2. The van der Waals surface area contributed by atoms with Crippen LogP contribution in [0.2, 0.25) is 5.02 Å². The molecular formula is C19H16ClFN6O2. The topological polar surface area (TPSA) is 101 Å². The molecule has 8 nitrogen and oxygen atoms in total. The molecule has 0 spiro atoms. The Morgan fingerprint density at radius 2 is 2.07 bits per heavy atom. The van der Waals surface area contributed by atoms with Crippen molar-refractivity contribution in [3.05, 3.63) is 57.3 Å². The first-order chi connectivity index (χ1) is 14.1. The number of rotatable bonds is 3. The summed E-state index contributed by atoms with van der Waals surface area (Å²) >= 11 is 5.84. The third-order valence-corrected chi connectivity index (χ3v) is 5.42. The van der Waals surface area contributed by atoms with Gasteiger partial charge in [0, 0.05) is 17.5 Å². The van der Waals surface area contributed by atoms with Crippen molar-refractivity contribution in [2.24, 2.45) is 0 Å². The summed E-state index contributed by atoms with van der Waals surface area (Å²) < 4.78 is 20.5. The lowest BCUT2D eigenvalue weighted by molar-refractivity contribution is 0.432. The van der Waals surface area contributed by atoms with Gasteiger partial charge in [0.1, 0.15) is 17.0 Å². The molecule has 0 radical (unpaired) electrons. The first kappa shape index (κ1) is 18.0. The highest BCUT2D eigenvalue weighted by Gasteiger charge is 2.22. The Bertz CT molecular complexity index is 1260. The van der Waals surface area contributed by atoms with E-state index < -0.39 is 5.82 Å². The molecular weight excluding hydrogens is 399 g/mol. The van der Waals surface area contributed by atoms with Crippen molar-refractivity contribution in [1.82, 2.24) is 30.1 Å². The van der Waals surface area contributed by atoms with Crippen molar-refractivity contribution >= 4 is 17.2 Å². The Balaban J connectivity index is 1.57. The second-order valence-corrected chi connectivity index (χ2v) is 7.36. The van der Waals surface area contributed by atoms with Crippen LogP contribution in [0.4, 0.5) is 4.39 Å². The van der Waals surface area contributed by atoms with Crippen molar-refractivity contribution in [1.29, 1.82) is 0 Å². The number of halogens is 2. The smallest absolute Gasteiger partial charge is 0.263 e. The lowest BCUT2D eigenvalue weighted by Gasteiger charge is -2.23. The molecule has 1 aliphatic rings. The van der Waals surface area contributed by atoms with Gasteiger partial charge in [-0.1, -0.05) is 16.8 Å². The van der Waals surface area contributed by atoms with Gasteiger partial charge in [-0.15, -0.1) is 0 Å². The van der Waals surface area contributed by atoms with Crippen LogP contribution in [0.1, 0.15) is 24.5 Å². The summed E-state index contributed by atoms with van der Waals surface area (Å²) in [7, 11) is 0. The summed E-state index contributed by atoms with van der Waals surface area (Å²) in [6.45, 7) is 1.81. The van der Waals surface area contributed by atoms with Crippen molar-refractivity contribution < 1.29 is 8.91 Å². The average molecular weight is 415 g/mol. The fraction of sp³-hybridized carbons (Fsp3) is 0.263. The van der Waals surface area contributed by atoms with Gasteiger partial charge in [-0.25, -0.2) is 8.91 Å². The zero-order valence-electron chi connectivity index (χ0n) is 15.2. The van der Waals surface area contributed by atoms with Gasteiger partial charge in [-0.3, -0.25) is 4.79 Å². The molecule has 1 aromatic carbocycles. The van der Waals surface area contributed by atoms with E-state index in [4.69, 9.17) is 16.1 Å². The van der Waals surface area contributed by atoms with Crippen LogP contribution in [-0.4, -0.2) is 37.8 Å². The predicted molar refractivity (Wildman–Crippen MR) is 104 cm³/mol. The Morgan fingerprint density at radius 3 is 2.86 bits per heavy atom. The van der Waals surface area contributed by atoms with E-state index in [1.807, 2.05) is 0 Å². The maximum Gasteiger partial charge on any atom is 0.263 e. The molecule has 0 saturated carbocycles. The minimum absolute atomic E-state index is 0.0271. The monoisotopic (exact) mass is 414 g/mol. The van der Waals surface area contributed by atoms with E-state index in [0.29, 0.717) is 16.8 Å². The highest BCUT2D eigenvalue weighted by molar-refractivity contribution is 6.31. The van der Waals surface area contributed by atoms with E-state index in [2.05, 4.69) is 25.5 Å². The van der Waals surface area contributed by atoms with E-state index in [1.165, 1.54) is 18.2 Å². The van der Waals surface area contributed by atoms with Gasteiger partial charge in [-0.05, 0) is 44.1 Å². The van der Waals surface area contributed by atoms with Crippen LogP contribution in [0.3, 0.4) is 0 Å². The van der Waals surface area contributed by atoms with Crippen LogP contribution in [-0.2, 0) is 0 Å². The molecule has 4 aromatic rings. The molecule has 10 heteroatoms. The predicted octanol–water partition coefficient (Wildman–Crippen LogP) is 3.00. The molecule has 0 amide bonds. The van der Waals surface area contributed by atoms with Gasteiger partial charge in [0.2, 0.25) is 5.82 Å². The number of hydrogen-bond donors (Lipinski definition) is 2.